The van der Waals surface area contributed by atoms with Gasteiger partial charge in [-0.05, 0) is 19.8 Å². The lowest BCUT2D eigenvalue weighted by Gasteiger charge is -2.34. The highest BCUT2D eigenvalue weighted by Crippen LogP contribution is 2.34. The van der Waals surface area contributed by atoms with Crippen molar-refractivity contribution in [3.8, 4) is 0 Å². The topological polar surface area (TPSA) is 63.1 Å². The monoisotopic (exact) mass is 373 g/mol. The van der Waals surface area contributed by atoms with Crippen molar-refractivity contribution in [3.63, 3.8) is 0 Å². The molecule has 1 amide bonds. The molecule has 1 aliphatic rings. The molecular weight excluding hydrogens is 355 g/mol. The van der Waals surface area contributed by atoms with Gasteiger partial charge in [-0.2, -0.15) is 18.3 Å². The number of aryl methyl sites for hydroxylation is 2. The van der Waals surface area contributed by atoms with Gasteiger partial charge < -0.3 is 10.2 Å². The van der Waals surface area contributed by atoms with E-state index in [9.17, 15) is 18.0 Å². The van der Waals surface area contributed by atoms with Crippen molar-refractivity contribution in [1.29, 1.82) is 0 Å². The maximum absolute atomic E-state index is 12.9. The number of piperidine rings is 1. The van der Waals surface area contributed by atoms with Crippen LogP contribution in [0.4, 0.5) is 19.0 Å². The predicted molar refractivity (Wildman–Crippen MR) is 87.8 cm³/mol. The normalized spacial score (nSPS) is 18.4. The molecule has 0 bridgehead atoms. The molecule has 1 fully saturated rings. The van der Waals surface area contributed by atoms with E-state index in [2.05, 4.69) is 20.3 Å². The number of hydrogen-bond donors (Lipinski definition) is 1. The number of hydrogen-bond acceptors (Lipinski definition) is 5. The third-order valence-electron chi connectivity index (χ3n) is 4.10. The van der Waals surface area contributed by atoms with E-state index in [0.717, 1.165) is 30.0 Å². The second-order valence-electron chi connectivity index (χ2n) is 6.05. The quantitative estimate of drug-likeness (QED) is 0.898. The first-order valence-corrected chi connectivity index (χ1v) is 8.71. The van der Waals surface area contributed by atoms with Crippen LogP contribution < -0.4 is 10.2 Å². The standard InChI is InChI=1S/C15H18F3N5OS/c1-9-6-11(22(2)21-9)23-5-3-4-10(7-23)20-14(24)12-13(15(16,17)18)25-8-19-12/h6,8,10H,3-5,7H2,1-2H3,(H,20,24)/t10-/m0/s1. The zero-order chi connectivity index (χ0) is 18.2. The minimum Gasteiger partial charge on any atom is -0.355 e. The first kappa shape index (κ1) is 17.7. The summed E-state index contributed by atoms with van der Waals surface area (Å²) < 4.78 is 40.5. The third-order valence-corrected chi connectivity index (χ3v) is 4.97. The van der Waals surface area contributed by atoms with Crippen LogP contribution in [0, 0.1) is 6.92 Å². The molecule has 0 unspecified atom stereocenters. The smallest absolute Gasteiger partial charge is 0.355 e. The Hall–Kier alpha value is -2.10. The summed E-state index contributed by atoms with van der Waals surface area (Å²) in [6.45, 7) is 3.24. The Morgan fingerprint density at radius 2 is 2.20 bits per heavy atom. The fraction of sp³-hybridized carbons (Fsp3) is 0.533. The van der Waals surface area contributed by atoms with Gasteiger partial charge in [0.15, 0.2) is 5.69 Å². The number of halogens is 3. The fourth-order valence-corrected chi connectivity index (χ4v) is 3.71. The number of alkyl halides is 3. The molecule has 3 rings (SSSR count). The fourth-order valence-electron chi connectivity index (χ4n) is 3.06. The summed E-state index contributed by atoms with van der Waals surface area (Å²) in [6, 6.07) is 1.71. The highest BCUT2D eigenvalue weighted by molar-refractivity contribution is 7.10. The van der Waals surface area contributed by atoms with Crippen LogP contribution >= 0.6 is 11.3 Å². The highest BCUT2D eigenvalue weighted by atomic mass is 32.1. The number of nitrogens with one attached hydrogen (secondary N) is 1. The molecule has 2 aromatic heterocycles. The van der Waals surface area contributed by atoms with Crippen molar-refractivity contribution >= 4 is 23.1 Å². The number of amides is 1. The summed E-state index contributed by atoms with van der Waals surface area (Å²) in [6.07, 6.45) is -3.03. The van der Waals surface area contributed by atoms with Crippen molar-refractivity contribution in [2.75, 3.05) is 18.0 Å². The molecule has 1 atom stereocenters. The van der Waals surface area contributed by atoms with E-state index < -0.39 is 22.7 Å². The van der Waals surface area contributed by atoms with E-state index >= 15 is 0 Å². The first-order valence-electron chi connectivity index (χ1n) is 7.83. The first-order chi connectivity index (χ1) is 11.8. The van der Waals surface area contributed by atoms with Gasteiger partial charge in [0, 0.05) is 32.2 Å². The van der Waals surface area contributed by atoms with Crippen LogP contribution in [0.2, 0.25) is 0 Å². The summed E-state index contributed by atoms with van der Waals surface area (Å²) in [7, 11) is 1.84. The van der Waals surface area contributed by atoms with Crippen LogP contribution in [-0.4, -0.2) is 39.8 Å². The Morgan fingerprint density at radius 3 is 2.84 bits per heavy atom. The van der Waals surface area contributed by atoms with Gasteiger partial charge in [-0.1, -0.05) is 0 Å². The number of carbonyl (C=O) groups is 1. The minimum atomic E-state index is -4.57. The van der Waals surface area contributed by atoms with Crippen molar-refractivity contribution in [1.82, 2.24) is 20.1 Å². The zero-order valence-corrected chi connectivity index (χ0v) is 14.6. The summed E-state index contributed by atoms with van der Waals surface area (Å²) in [4.78, 5) is 17.0. The van der Waals surface area contributed by atoms with Gasteiger partial charge in [0.05, 0.1) is 11.2 Å². The molecule has 2 aromatic rings. The Morgan fingerprint density at radius 1 is 1.44 bits per heavy atom. The van der Waals surface area contributed by atoms with Crippen LogP contribution in [0.3, 0.4) is 0 Å². The van der Waals surface area contributed by atoms with Crippen molar-refractivity contribution in [3.05, 3.63) is 27.8 Å². The van der Waals surface area contributed by atoms with E-state index in [1.54, 1.807) is 4.68 Å². The summed E-state index contributed by atoms with van der Waals surface area (Å²) >= 11 is 0.430. The molecule has 6 nitrogen and oxygen atoms in total. The van der Waals surface area contributed by atoms with E-state index in [-0.39, 0.29) is 6.04 Å². The molecule has 1 N–H and O–H groups in total. The van der Waals surface area contributed by atoms with Crippen LogP contribution in [0.15, 0.2) is 11.6 Å². The second-order valence-corrected chi connectivity index (χ2v) is 6.91. The van der Waals surface area contributed by atoms with Gasteiger partial charge in [0.25, 0.3) is 5.91 Å². The number of rotatable bonds is 3. The minimum absolute atomic E-state index is 0.237. The van der Waals surface area contributed by atoms with E-state index in [1.165, 1.54) is 0 Å². The lowest BCUT2D eigenvalue weighted by molar-refractivity contribution is -0.134. The summed E-state index contributed by atoms with van der Waals surface area (Å²) in [5.74, 6) is 0.155. The van der Waals surface area contributed by atoms with Gasteiger partial charge in [-0.15, -0.1) is 11.3 Å². The molecule has 0 radical (unpaired) electrons. The van der Waals surface area contributed by atoms with E-state index in [4.69, 9.17) is 0 Å². The Labute approximate surface area is 146 Å². The molecule has 0 aliphatic carbocycles. The maximum Gasteiger partial charge on any atom is 0.427 e. The van der Waals surface area contributed by atoms with Crippen molar-refractivity contribution in [2.24, 2.45) is 7.05 Å². The number of aromatic nitrogens is 3. The van der Waals surface area contributed by atoms with Gasteiger partial charge >= 0.3 is 6.18 Å². The predicted octanol–water partition coefficient (Wildman–Crippen LogP) is 2.60. The summed E-state index contributed by atoms with van der Waals surface area (Å²) in [5.41, 5.74) is 1.38. The van der Waals surface area contributed by atoms with E-state index in [1.807, 2.05) is 20.0 Å². The van der Waals surface area contributed by atoms with Crippen LogP contribution in [0.1, 0.15) is 33.9 Å². The Balaban J connectivity index is 1.70. The SMILES string of the molecule is Cc1cc(N2CCC[C@H](NC(=O)c3ncsc3C(F)(F)F)C2)n(C)n1. The van der Waals surface area contributed by atoms with Gasteiger partial charge in [0.1, 0.15) is 10.7 Å². The number of thiazole rings is 1. The highest BCUT2D eigenvalue weighted by Gasteiger charge is 2.38. The van der Waals surface area contributed by atoms with Crippen molar-refractivity contribution < 1.29 is 18.0 Å². The number of anilines is 1. The maximum atomic E-state index is 12.9. The molecule has 1 aliphatic heterocycles. The van der Waals surface area contributed by atoms with Crippen LogP contribution in [0.5, 0.6) is 0 Å². The molecule has 0 spiro atoms. The lowest BCUT2D eigenvalue weighted by Crippen LogP contribution is -2.48. The van der Waals surface area contributed by atoms with E-state index in [0.29, 0.717) is 24.3 Å². The number of carbonyl (C=O) groups excluding carboxylic acids is 1. The van der Waals surface area contributed by atoms with Crippen LogP contribution in [-0.2, 0) is 13.2 Å². The Kier molecular flexibility index (Phi) is 4.72. The summed E-state index contributed by atoms with van der Waals surface area (Å²) in [5, 5.41) is 7.00. The molecule has 25 heavy (non-hydrogen) atoms. The largest absolute Gasteiger partial charge is 0.427 e. The van der Waals surface area contributed by atoms with Gasteiger partial charge in [0.2, 0.25) is 0 Å². The zero-order valence-electron chi connectivity index (χ0n) is 13.8. The van der Waals surface area contributed by atoms with Crippen LogP contribution in [0.25, 0.3) is 0 Å². The molecular formula is C15H18F3N5OS. The molecule has 10 heteroatoms. The molecule has 0 aromatic carbocycles. The third kappa shape index (κ3) is 3.78. The average molecular weight is 373 g/mol. The number of nitrogens with zero attached hydrogens (tertiary/aromatic N) is 4. The molecule has 136 valence electrons. The second kappa shape index (κ2) is 6.66. The molecule has 3 heterocycles. The van der Waals surface area contributed by atoms with Crippen molar-refractivity contribution in [2.45, 2.75) is 32.0 Å². The van der Waals surface area contributed by atoms with Gasteiger partial charge in [-0.3, -0.25) is 9.48 Å². The average Bonchev–Trinajstić information content (AvgIpc) is 3.13. The lowest BCUT2D eigenvalue weighted by atomic mass is 10.1. The van der Waals surface area contributed by atoms with Gasteiger partial charge in [-0.25, -0.2) is 4.98 Å². The Bertz CT molecular complexity index is 770. The molecule has 1 saturated heterocycles. The molecule has 0 saturated carbocycles.